The maximum Gasteiger partial charge on any atom is 0.258 e. The number of benzene rings is 2. The van der Waals surface area contributed by atoms with Gasteiger partial charge in [0.25, 0.3) is 5.91 Å². The maximum atomic E-state index is 12.2. The fraction of sp³-hybridized carbons (Fsp3) is 0.381. The number of carbonyl (C=O) groups is 1. The van der Waals surface area contributed by atoms with E-state index in [9.17, 15) is 9.90 Å². The molecule has 0 spiro atoms. The molecule has 0 bridgehead atoms. The third-order valence-electron chi connectivity index (χ3n) is 4.88. The zero-order chi connectivity index (χ0) is 18.6. The number of amides is 1. The Hall–Kier alpha value is -2.53. The van der Waals surface area contributed by atoms with Gasteiger partial charge in [-0.25, -0.2) is 0 Å². The average molecular weight is 355 g/mol. The highest BCUT2D eigenvalue weighted by Gasteiger charge is 2.34. The highest BCUT2D eigenvalue weighted by molar-refractivity contribution is 5.77. The normalized spacial score (nSPS) is 18.7. The van der Waals surface area contributed by atoms with E-state index in [1.54, 1.807) is 7.11 Å². The smallest absolute Gasteiger partial charge is 0.258 e. The first-order valence-corrected chi connectivity index (χ1v) is 8.87. The van der Waals surface area contributed by atoms with Crippen molar-refractivity contribution >= 4 is 5.91 Å². The second kappa shape index (κ2) is 7.79. The summed E-state index contributed by atoms with van der Waals surface area (Å²) in [4.78, 5) is 12.2. The van der Waals surface area contributed by atoms with E-state index >= 15 is 0 Å². The van der Waals surface area contributed by atoms with Crippen molar-refractivity contribution in [1.29, 1.82) is 0 Å². The zero-order valence-electron chi connectivity index (χ0n) is 15.2. The van der Waals surface area contributed by atoms with E-state index in [2.05, 4.69) is 5.32 Å². The lowest BCUT2D eigenvalue weighted by molar-refractivity contribution is -0.124. The summed E-state index contributed by atoms with van der Waals surface area (Å²) in [6.45, 7) is 2.03. The molecule has 2 aromatic rings. The summed E-state index contributed by atoms with van der Waals surface area (Å²) in [5, 5.41) is 13.9. The Morgan fingerprint density at radius 1 is 1.27 bits per heavy atom. The number of rotatable bonds is 6. The Bertz CT molecular complexity index is 789. The van der Waals surface area contributed by atoms with Crippen LogP contribution < -0.4 is 14.8 Å². The quantitative estimate of drug-likeness (QED) is 0.836. The monoisotopic (exact) mass is 355 g/mol. The van der Waals surface area contributed by atoms with Gasteiger partial charge in [-0.3, -0.25) is 4.79 Å². The molecule has 3 rings (SSSR count). The van der Waals surface area contributed by atoms with Crippen LogP contribution in [-0.2, 0) is 16.8 Å². The van der Waals surface area contributed by atoms with Gasteiger partial charge in [0.15, 0.2) is 6.61 Å². The summed E-state index contributed by atoms with van der Waals surface area (Å²) in [7, 11) is 1.63. The highest BCUT2D eigenvalue weighted by atomic mass is 16.5. The van der Waals surface area contributed by atoms with Crippen LogP contribution in [0, 0.1) is 6.92 Å². The fourth-order valence-corrected chi connectivity index (χ4v) is 3.40. The number of nitrogens with one attached hydrogen (secondary N) is 1. The Balaban J connectivity index is 1.61. The van der Waals surface area contributed by atoms with Crippen LogP contribution >= 0.6 is 0 Å². The molecule has 1 aliphatic carbocycles. The molecule has 0 radical (unpaired) electrons. The first-order valence-electron chi connectivity index (χ1n) is 8.87. The number of hydrogen-bond donors (Lipinski definition) is 2. The molecule has 1 amide bonds. The minimum atomic E-state index is -1.06. The molecule has 2 N–H and O–H groups in total. The van der Waals surface area contributed by atoms with E-state index in [0.29, 0.717) is 12.2 Å². The van der Waals surface area contributed by atoms with E-state index in [1.165, 1.54) is 0 Å². The number of carbonyl (C=O) groups excluding carboxylic acids is 1. The molecule has 1 aliphatic rings. The van der Waals surface area contributed by atoms with E-state index < -0.39 is 5.60 Å². The van der Waals surface area contributed by atoms with Gasteiger partial charge in [0.2, 0.25) is 0 Å². The molecule has 5 nitrogen and oxygen atoms in total. The molecule has 5 heteroatoms. The molecule has 0 heterocycles. The number of methoxy groups -OCH3 is 1. The van der Waals surface area contributed by atoms with Crippen LogP contribution in [-0.4, -0.2) is 31.3 Å². The molecule has 1 atom stereocenters. The topological polar surface area (TPSA) is 67.8 Å². The summed E-state index contributed by atoms with van der Waals surface area (Å²) in [6.07, 6.45) is 2.39. The molecular weight excluding hydrogens is 330 g/mol. The molecule has 2 aromatic carbocycles. The van der Waals surface area contributed by atoms with Crippen LogP contribution in [0.15, 0.2) is 42.5 Å². The van der Waals surface area contributed by atoms with Crippen molar-refractivity contribution in [3.63, 3.8) is 0 Å². The van der Waals surface area contributed by atoms with Crippen LogP contribution in [0.5, 0.6) is 11.5 Å². The Labute approximate surface area is 153 Å². The lowest BCUT2D eigenvalue weighted by Crippen LogP contribution is -2.44. The molecule has 1 unspecified atom stereocenters. The molecular formula is C21H25NO4. The summed E-state index contributed by atoms with van der Waals surface area (Å²) in [6, 6.07) is 13.3. The van der Waals surface area contributed by atoms with Crippen molar-refractivity contribution < 1.29 is 19.4 Å². The molecule has 0 fully saturated rings. The van der Waals surface area contributed by atoms with Crippen molar-refractivity contribution in [1.82, 2.24) is 5.32 Å². The van der Waals surface area contributed by atoms with Gasteiger partial charge in [0, 0.05) is 0 Å². The minimum Gasteiger partial charge on any atom is -0.497 e. The van der Waals surface area contributed by atoms with Gasteiger partial charge >= 0.3 is 0 Å². The Morgan fingerprint density at radius 2 is 2.08 bits per heavy atom. The molecule has 138 valence electrons. The summed E-state index contributed by atoms with van der Waals surface area (Å²) < 4.78 is 10.8. The van der Waals surface area contributed by atoms with Gasteiger partial charge in [0.1, 0.15) is 17.1 Å². The zero-order valence-corrected chi connectivity index (χ0v) is 15.2. The van der Waals surface area contributed by atoms with Crippen LogP contribution in [0.25, 0.3) is 0 Å². The predicted molar refractivity (Wildman–Crippen MR) is 99.5 cm³/mol. The number of para-hydroxylation sites is 1. The number of aliphatic hydroxyl groups is 1. The maximum absolute atomic E-state index is 12.2. The molecule has 0 aromatic heterocycles. The number of fused-ring (bicyclic) bond motifs is 1. The second-order valence-corrected chi connectivity index (χ2v) is 6.74. The molecule has 0 saturated heterocycles. The van der Waals surface area contributed by atoms with Gasteiger partial charge < -0.3 is 19.9 Å². The first-order chi connectivity index (χ1) is 12.5. The summed E-state index contributed by atoms with van der Waals surface area (Å²) in [5.74, 6) is 1.22. The number of hydrogen-bond acceptors (Lipinski definition) is 4. The lowest BCUT2D eigenvalue weighted by Gasteiger charge is -2.34. The van der Waals surface area contributed by atoms with Crippen molar-refractivity contribution in [3.8, 4) is 11.5 Å². The molecule has 26 heavy (non-hydrogen) atoms. The molecule has 0 saturated carbocycles. The predicted octanol–water partition coefficient (Wildman–Crippen LogP) is 2.72. The third kappa shape index (κ3) is 3.99. The number of aryl methyl sites for hydroxylation is 2. The van der Waals surface area contributed by atoms with Gasteiger partial charge in [-0.2, -0.15) is 0 Å². The van der Waals surface area contributed by atoms with Crippen molar-refractivity contribution in [2.24, 2.45) is 0 Å². The van der Waals surface area contributed by atoms with Crippen molar-refractivity contribution in [3.05, 3.63) is 59.2 Å². The largest absolute Gasteiger partial charge is 0.497 e. The summed E-state index contributed by atoms with van der Waals surface area (Å²) in [5.41, 5.74) is 1.86. The van der Waals surface area contributed by atoms with E-state index in [4.69, 9.17) is 9.47 Å². The van der Waals surface area contributed by atoms with Gasteiger partial charge in [-0.05, 0) is 61.1 Å². The number of ether oxygens (including phenoxy) is 2. The van der Waals surface area contributed by atoms with Crippen molar-refractivity contribution in [2.75, 3.05) is 20.3 Å². The van der Waals surface area contributed by atoms with Gasteiger partial charge in [-0.15, -0.1) is 0 Å². The van der Waals surface area contributed by atoms with Gasteiger partial charge in [0.05, 0.1) is 13.7 Å². The average Bonchev–Trinajstić information content (AvgIpc) is 2.65. The van der Waals surface area contributed by atoms with Gasteiger partial charge in [-0.1, -0.05) is 24.3 Å². The first kappa shape index (κ1) is 18.3. The van der Waals surface area contributed by atoms with Crippen LogP contribution in [0.4, 0.5) is 0 Å². The SMILES string of the molecule is COc1ccc2c(c1)CCCC2(O)CNC(=O)COc1ccccc1C. The minimum absolute atomic E-state index is 0.0730. The highest BCUT2D eigenvalue weighted by Crippen LogP contribution is 2.36. The summed E-state index contributed by atoms with van der Waals surface area (Å²) >= 11 is 0. The third-order valence-corrected chi connectivity index (χ3v) is 4.88. The van der Waals surface area contributed by atoms with Crippen LogP contribution in [0.3, 0.4) is 0 Å². The van der Waals surface area contributed by atoms with E-state index in [1.807, 2.05) is 49.4 Å². The van der Waals surface area contributed by atoms with E-state index in [-0.39, 0.29) is 19.1 Å². The fourth-order valence-electron chi connectivity index (χ4n) is 3.40. The van der Waals surface area contributed by atoms with Crippen molar-refractivity contribution in [2.45, 2.75) is 31.8 Å². The second-order valence-electron chi connectivity index (χ2n) is 6.74. The standard InChI is InChI=1S/C21H25NO4/c1-15-6-3-4-8-19(15)26-13-20(23)22-14-21(24)11-5-7-16-12-17(25-2)9-10-18(16)21/h3-4,6,8-10,12,24H,5,7,11,13-14H2,1-2H3,(H,22,23). The van der Waals surface area contributed by atoms with E-state index in [0.717, 1.165) is 35.3 Å². The lowest BCUT2D eigenvalue weighted by atomic mass is 9.79. The van der Waals surface area contributed by atoms with Crippen LogP contribution in [0.1, 0.15) is 29.5 Å². The Kier molecular flexibility index (Phi) is 5.47. The Morgan fingerprint density at radius 3 is 2.85 bits per heavy atom. The van der Waals surface area contributed by atoms with Crippen LogP contribution in [0.2, 0.25) is 0 Å². The molecule has 0 aliphatic heterocycles.